The van der Waals surface area contributed by atoms with Crippen LogP contribution >= 0.6 is 0 Å². The van der Waals surface area contributed by atoms with Crippen molar-refractivity contribution < 1.29 is 9.53 Å². The highest BCUT2D eigenvalue weighted by molar-refractivity contribution is 5.79. The predicted octanol–water partition coefficient (Wildman–Crippen LogP) is 2.54. The van der Waals surface area contributed by atoms with E-state index in [-0.39, 0.29) is 12.0 Å². The summed E-state index contributed by atoms with van der Waals surface area (Å²) in [6, 6.07) is 6.12. The molecule has 3 heteroatoms. The van der Waals surface area contributed by atoms with E-state index in [2.05, 4.69) is 23.5 Å². The number of benzene rings is 1. The number of rotatable bonds is 4. The quantitative estimate of drug-likeness (QED) is 0.812. The second-order valence-electron chi connectivity index (χ2n) is 4.47. The average Bonchev–Trinajstić information content (AvgIpc) is 2.82. The Morgan fingerprint density at radius 1 is 1.41 bits per heavy atom. The van der Waals surface area contributed by atoms with Crippen molar-refractivity contribution in [1.29, 1.82) is 0 Å². The Morgan fingerprint density at radius 3 is 2.88 bits per heavy atom. The van der Waals surface area contributed by atoms with E-state index in [1.807, 2.05) is 6.92 Å². The lowest BCUT2D eigenvalue weighted by Crippen LogP contribution is -2.29. The van der Waals surface area contributed by atoms with Gasteiger partial charge in [0.05, 0.1) is 7.11 Å². The molecular weight excluding hydrogens is 214 g/mol. The van der Waals surface area contributed by atoms with Crippen molar-refractivity contribution in [2.24, 2.45) is 0 Å². The summed E-state index contributed by atoms with van der Waals surface area (Å²) in [7, 11) is 1.43. The summed E-state index contributed by atoms with van der Waals surface area (Å²) < 4.78 is 4.77. The van der Waals surface area contributed by atoms with E-state index in [9.17, 15) is 4.79 Å². The maximum Gasteiger partial charge on any atom is 0.328 e. The Bertz CT molecular complexity index is 415. The van der Waals surface area contributed by atoms with Gasteiger partial charge in [0.2, 0.25) is 0 Å². The second kappa shape index (κ2) is 5.21. The molecule has 0 bridgehead atoms. The van der Waals surface area contributed by atoms with Crippen LogP contribution in [0.5, 0.6) is 0 Å². The molecule has 0 aromatic heterocycles. The third kappa shape index (κ3) is 2.60. The first-order chi connectivity index (χ1) is 8.24. The molecule has 2 rings (SSSR count). The van der Waals surface area contributed by atoms with Crippen LogP contribution in [0.3, 0.4) is 0 Å². The van der Waals surface area contributed by atoms with Crippen molar-refractivity contribution in [3.63, 3.8) is 0 Å². The highest BCUT2D eigenvalue weighted by atomic mass is 16.5. The minimum atomic E-state index is -0.251. The van der Waals surface area contributed by atoms with E-state index >= 15 is 0 Å². The van der Waals surface area contributed by atoms with Gasteiger partial charge in [-0.2, -0.15) is 0 Å². The molecule has 0 spiro atoms. The molecule has 17 heavy (non-hydrogen) atoms. The molecule has 0 amide bonds. The Hall–Kier alpha value is -1.51. The summed E-state index contributed by atoms with van der Waals surface area (Å²) in [6.45, 7) is 1.97. The largest absolute Gasteiger partial charge is 0.467 e. The number of methoxy groups -OCH3 is 1. The van der Waals surface area contributed by atoms with Gasteiger partial charge in [0.15, 0.2) is 0 Å². The number of anilines is 1. The summed E-state index contributed by atoms with van der Waals surface area (Å²) in [6.07, 6.45) is 4.31. The van der Waals surface area contributed by atoms with E-state index in [4.69, 9.17) is 4.74 Å². The fourth-order valence-corrected chi connectivity index (χ4v) is 2.33. The first-order valence-corrected chi connectivity index (χ1v) is 6.20. The van der Waals surface area contributed by atoms with Crippen LogP contribution in [0.1, 0.15) is 30.9 Å². The molecule has 0 radical (unpaired) electrons. The topological polar surface area (TPSA) is 38.3 Å². The maximum absolute atomic E-state index is 11.5. The number of aryl methyl sites for hydroxylation is 2. The van der Waals surface area contributed by atoms with Gasteiger partial charge in [-0.25, -0.2) is 4.79 Å². The zero-order chi connectivity index (χ0) is 12.3. The number of fused-ring (bicyclic) bond motifs is 1. The Kier molecular flexibility index (Phi) is 3.67. The SMILES string of the molecule is CCC(Nc1ccc2c(c1)CCC2)C(=O)OC. The molecule has 1 aliphatic carbocycles. The highest BCUT2D eigenvalue weighted by Crippen LogP contribution is 2.25. The molecule has 0 fully saturated rings. The van der Waals surface area contributed by atoms with Gasteiger partial charge < -0.3 is 10.1 Å². The smallest absolute Gasteiger partial charge is 0.328 e. The summed E-state index contributed by atoms with van der Waals surface area (Å²) in [4.78, 5) is 11.5. The first-order valence-electron chi connectivity index (χ1n) is 6.20. The van der Waals surface area contributed by atoms with Gasteiger partial charge >= 0.3 is 5.97 Å². The number of esters is 1. The number of nitrogens with one attached hydrogen (secondary N) is 1. The van der Waals surface area contributed by atoms with Crippen molar-refractivity contribution in [3.05, 3.63) is 29.3 Å². The third-order valence-corrected chi connectivity index (χ3v) is 3.33. The van der Waals surface area contributed by atoms with E-state index < -0.39 is 0 Å². The van der Waals surface area contributed by atoms with E-state index in [1.54, 1.807) is 0 Å². The highest BCUT2D eigenvalue weighted by Gasteiger charge is 2.17. The van der Waals surface area contributed by atoms with Gasteiger partial charge in [0, 0.05) is 5.69 Å². The zero-order valence-electron chi connectivity index (χ0n) is 10.5. The molecule has 1 aliphatic rings. The Morgan fingerprint density at radius 2 is 2.18 bits per heavy atom. The molecule has 0 aliphatic heterocycles. The van der Waals surface area contributed by atoms with E-state index in [0.717, 1.165) is 18.5 Å². The summed E-state index contributed by atoms with van der Waals surface area (Å²) in [5, 5.41) is 3.23. The fourth-order valence-electron chi connectivity index (χ4n) is 2.33. The van der Waals surface area contributed by atoms with Crippen LogP contribution in [0.25, 0.3) is 0 Å². The summed E-state index contributed by atoms with van der Waals surface area (Å²) >= 11 is 0. The Balaban J connectivity index is 2.10. The molecule has 0 heterocycles. The maximum atomic E-state index is 11.5. The molecule has 0 saturated carbocycles. The van der Waals surface area contributed by atoms with Crippen molar-refractivity contribution >= 4 is 11.7 Å². The predicted molar refractivity (Wildman–Crippen MR) is 68.2 cm³/mol. The summed E-state index contributed by atoms with van der Waals surface area (Å²) in [5.41, 5.74) is 3.87. The van der Waals surface area contributed by atoms with Crippen LogP contribution in [-0.2, 0) is 22.4 Å². The summed E-state index contributed by atoms with van der Waals surface area (Å²) in [5.74, 6) is -0.201. The van der Waals surface area contributed by atoms with Gasteiger partial charge in [-0.3, -0.25) is 0 Å². The minimum absolute atomic E-state index is 0.201. The lowest BCUT2D eigenvalue weighted by Gasteiger charge is -2.16. The first kappa shape index (κ1) is 12.0. The number of carbonyl (C=O) groups is 1. The van der Waals surface area contributed by atoms with Crippen LogP contribution in [0.2, 0.25) is 0 Å². The van der Waals surface area contributed by atoms with Crippen LogP contribution < -0.4 is 5.32 Å². The van der Waals surface area contributed by atoms with Gasteiger partial charge in [0.25, 0.3) is 0 Å². The minimum Gasteiger partial charge on any atom is -0.467 e. The standard InChI is InChI=1S/C14H19NO2/c1-3-13(14(16)17-2)15-12-8-7-10-5-4-6-11(10)9-12/h7-9,13,15H,3-6H2,1-2H3. The van der Waals surface area contributed by atoms with Crippen molar-refractivity contribution in [1.82, 2.24) is 0 Å². The van der Waals surface area contributed by atoms with Crippen molar-refractivity contribution in [2.45, 2.75) is 38.6 Å². The number of ether oxygens (including phenoxy) is 1. The molecular formula is C14H19NO2. The van der Waals surface area contributed by atoms with Gasteiger partial charge in [-0.05, 0) is 48.9 Å². The van der Waals surface area contributed by atoms with Crippen LogP contribution in [0.4, 0.5) is 5.69 Å². The van der Waals surface area contributed by atoms with E-state index in [1.165, 1.54) is 31.1 Å². The van der Waals surface area contributed by atoms with Crippen LogP contribution in [0, 0.1) is 0 Å². The number of carbonyl (C=O) groups excluding carboxylic acids is 1. The molecule has 1 N–H and O–H groups in total. The van der Waals surface area contributed by atoms with Crippen LogP contribution in [0.15, 0.2) is 18.2 Å². The second-order valence-corrected chi connectivity index (χ2v) is 4.47. The van der Waals surface area contributed by atoms with Gasteiger partial charge in [-0.1, -0.05) is 13.0 Å². The molecule has 1 unspecified atom stereocenters. The van der Waals surface area contributed by atoms with Crippen molar-refractivity contribution in [3.8, 4) is 0 Å². The average molecular weight is 233 g/mol. The lowest BCUT2D eigenvalue weighted by molar-refractivity contribution is -0.141. The van der Waals surface area contributed by atoms with Crippen molar-refractivity contribution in [2.75, 3.05) is 12.4 Å². The van der Waals surface area contributed by atoms with E-state index in [0.29, 0.717) is 0 Å². The normalized spacial score (nSPS) is 15.2. The molecule has 0 saturated heterocycles. The Labute approximate surface area is 102 Å². The molecule has 1 aromatic carbocycles. The van der Waals surface area contributed by atoms with Gasteiger partial charge in [0.1, 0.15) is 6.04 Å². The van der Waals surface area contributed by atoms with Crippen LogP contribution in [-0.4, -0.2) is 19.1 Å². The molecule has 92 valence electrons. The third-order valence-electron chi connectivity index (χ3n) is 3.33. The zero-order valence-corrected chi connectivity index (χ0v) is 10.5. The number of hydrogen-bond acceptors (Lipinski definition) is 3. The molecule has 1 aromatic rings. The molecule has 3 nitrogen and oxygen atoms in total. The molecule has 1 atom stereocenters. The van der Waals surface area contributed by atoms with Gasteiger partial charge in [-0.15, -0.1) is 0 Å². The fraction of sp³-hybridized carbons (Fsp3) is 0.500. The number of hydrogen-bond donors (Lipinski definition) is 1. The lowest BCUT2D eigenvalue weighted by atomic mass is 10.1. The monoisotopic (exact) mass is 233 g/mol.